The van der Waals surface area contributed by atoms with Crippen molar-refractivity contribution in [3.8, 4) is 0 Å². The number of hydrogen-bond donors (Lipinski definition) is 0. The second-order valence-corrected chi connectivity index (χ2v) is 4.90. The van der Waals surface area contributed by atoms with E-state index in [1.54, 1.807) is 0 Å². The minimum absolute atomic E-state index is 0. The van der Waals surface area contributed by atoms with E-state index in [2.05, 4.69) is 22.4 Å². The SMILES string of the molecule is O.O=S([O-])([O-])=S.O=S([O-])([O-])=S.[K+].[K+].[Pd]. The molecule has 0 radical (unpaired) electrons. The molecule has 14 heavy (non-hydrogen) atoms. The molecule has 7 nitrogen and oxygen atoms in total. The van der Waals surface area contributed by atoms with Crippen LogP contribution in [0.2, 0.25) is 0 Å². The minimum Gasteiger partial charge on any atom is -0.780 e. The largest absolute Gasteiger partial charge is 1.00 e. The van der Waals surface area contributed by atoms with Crippen molar-refractivity contribution >= 4 is 40.5 Å². The molecule has 0 heterocycles. The van der Waals surface area contributed by atoms with Crippen LogP contribution in [0.3, 0.4) is 0 Å². The minimum atomic E-state index is -4.33. The first kappa shape index (κ1) is 36.3. The zero-order valence-electron chi connectivity index (χ0n) is 6.90. The van der Waals surface area contributed by atoms with Gasteiger partial charge in [0.25, 0.3) is 0 Å². The molecule has 0 aliphatic carbocycles. The summed E-state index contributed by atoms with van der Waals surface area (Å²) < 4.78 is 53.3. The van der Waals surface area contributed by atoms with Crippen LogP contribution in [0.5, 0.6) is 0 Å². The first-order chi connectivity index (χ1) is 4.00. The summed E-state index contributed by atoms with van der Waals surface area (Å²) in [5, 5.41) is 0. The predicted molar refractivity (Wildman–Crippen MR) is 37.7 cm³/mol. The zero-order valence-corrected chi connectivity index (χ0v) is 18.0. The van der Waals surface area contributed by atoms with Gasteiger partial charge in [-0.1, -0.05) is 0 Å². The Labute approximate surface area is 190 Å². The summed E-state index contributed by atoms with van der Waals surface area (Å²) in [6.07, 6.45) is 0. The Morgan fingerprint density at radius 1 is 0.786 bits per heavy atom. The summed E-state index contributed by atoms with van der Waals surface area (Å²) in [6.45, 7) is 0. The summed E-state index contributed by atoms with van der Waals surface area (Å²) in [5.41, 5.74) is 0. The van der Waals surface area contributed by atoms with Crippen LogP contribution in [0.25, 0.3) is 0 Å². The fraction of sp³-hybridized carbons (Fsp3) is 0. The molecule has 0 fully saturated rings. The molecular formula is H2K2O7PdS4-2. The molecule has 0 spiro atoms. The summed E-state index contributed by atoms with van der Waals surface area (Å²) >= 11 is 6.49. The molecule has 0 aromatic carbocycles. The van der Waals surface area contributed by atoms with E-state index in [1.807, 2.05) is 0 Å². The van der Waals surface area contributed by atoms with Crippen molar-refractivity contribution in [2.24, 2.45) is 0 Å². The quantitative estimate of drug-likeness (QED) is 0.345. The maximum absolute atomic E-state index is 8.89. The van der Waals surface area contributed by atoms with Gasteiger partial charge in [-0.25, -0.2) is 0 Å². The van der Waals surface area contributed by atoms with Gasteiger partial charge >= 0.3 is 103 Å². The van der Waals surface area contributed by atoms with Gasteiger partial charge in [-0.2, -0.15) is 0 Å². The average molecular weight is 427 g/mol. The third-order valence-electron chi connectivity index (χ3n) is 0. The summed E-state index contributed by atoms with van der Waals surface area (Å²) in [4.78, 5) is 0. The van der Waals surface area contributed by atoms with Gasteiger partial charge in [0, 0.05) is 20.4 Å². The molecule has 0 saturated heterocycles. The van der Waals surface area contributed by atoms with Gasteiger partial charge in [0.05, 0.1) is 0 Å². The summed E-state index contributed by atoms with van der Waals surface area (Å²) in [6, 6.07) is 0. The maximum atomic E-state index is 8.89. The van der Waals surface area contributed by atoms with Gasteiger partial charge in [-0.3, -0.25) is 8.42 Å². The van der Waals surface area contributed by atoms with Gasteiger partial charge in [-0.15, -0.1) is 18.1 Å². The zero-order chi connectivity index (χ0) is 9.00. The van der Waals surface area contributed by atoms with E-state index in [1.165, 1.54) is 0 Å². The number of rotatable bonds is 0. The maximum Gasteiger partial charge on any atom is 1.00 e. The molecule has 82 valence electrons. The van der Waals surface area contributed by atoms with Gasteiger partial charge in [0.2, 0.25) is 0 Å². The van der Waals surface area contributed by atoms with E-state index in [0.717, 1.165) is 0 Å². The fourth-order valence-corrected chi connectivity index (χ4v) is 0. The van der Waals surface area contributed by atoms with Crippen LogP contribution in [0.4, 0.5) is 0 Å². The normalized spacial score (nSPS) is 8.29. The Kier molecular flexibility index (Phi) is 45.3. The molecule has 0 aliphatic rings. The second kappa shape index (κ2) is 17.5. The molecule has 2 N–H and O–H groups in total. The van der Waals surface area contributed by atoms with Gasteiger partial charge in [0.15, 0.2) is 0 Å². The van der Waals surface area contributed by atoms with Crippen LogP contribution < -0.4 is 103 Å². The average Bonchev–Trinajstić information content (AvgIpc) is 1.12. The molecule has 14 heteroatoms. The van der Waals surface area contributed by atoms with E-state index in [-0.39, 0.29) is 129 Å². The summed E-state index contributed by atoms with van der Waals surface area (Å²) in [7, 11) is -8.67. The third kappa shape index (κ3) is 197. The Bertz CT molecular complexity index is 220. The third-order valence-corrected chi connectivity index (χ3v) is 0. The molecular weight excluding hydrogens is 425 g/mol. The molecule has 0 saturated carbocycles. The topological polar surface area (TPSA) is 158 Å². The summed E-state index contributed by atoms with van der Waals surface area (Å²) in [5.74, 6) is 0. The van der Waals surface area contributed by atoms with Gasteiger partial charge in [0.1, 0.15) is 0 Å². The Balaban J connectivity index is -0.0000000178. The van der Waals surface area contributed by atoms with E-state index in [0.29, 0.717) is 0 Å². The Morgan fingerprint density at radius 3 is 0.786 bits per heavy atom. The molecule has 0 aliphatic heterocycles. The fourth-order valence-electron chi connectivity index (χ4n) is 0. The first-order valence-electron chi connectivity index (χ1n) is 1.33. The van der Waals surface area contributed by atoms with Gasteiger partial charge in [-0.05, 0) is 22.4 Å². The molecule has 0 aromatic rings. The van der Waals surface area contributed by atoms with Crippen LogP contribution in [-0.4, -0.2) is 32.1 Å². The second-order valence-electron chi connectivity index (χ2n) is 0.816. The Morgan fingerprint density at radius 2 is 0.786 bits per heavy atom. The predicted octanol–water partition coefficient (Wildman–Crippen LogP) is -8.83. The van der Waals surface area contributed by atoms with Crippen molar-refractivity contribution in [1.29, 1.82) is 0 Å². The van der Waals surface area contributed by atoms with Crippen LogP contribution in [0.15, 0.2) is 0 Å². The molecule has 0 amide bonds. The standard InChI is InChI=1S/2K.2H2O3S2.H2O.Pd/c;;2*1-5(2,3)4;;/h;;2*(H2,1,2,3,4);1H2;/q2*+1;;;;/p-4. The van der Waals surface area contributed by atoms with E-state index >= 15 is 0 Å². The van der Waals surface area contributed by atoms with Gasteiger partial charge < -0.3 is 23.7 Å². The van der Waals surface area contributed by atoms with Crippen LogP contribution in [0, 0.1) is 0 Å². The Hall–Kier alpha value is 4.48. The van der Waals surface area contributed by atoms with E-state index in [9.17, 15) is 0 Å². The number of hydrogen-bond acceptors (Lipinski definition) is 8. The van der Waals surface area contributed by atoms with Crippen molar-refractivity contribution in [3.63, 3.8) is 0 Å². The van der Waals surface area contributed by atoms with Crippen LogP contribution >= 0.6 is 0 Å². The monoisotopic (exact) mass is 426 g/mol. The van der Waals surface area contributed by atoms with Crippen molar-refractivity contribution in [3.05, 3.63) is 0 Å². The first-order valence-corrected chi connectivity index (χ1v) is 6.00. The molecule has 0 aromatic heterocycles. The molecule has 0 unspecified atom stereocenters. The van der Waals surface area contributed by atoms with E-state index in [4.69, 9.17) is 26.6 Å². The van der Waals surface area contributed by atoms with Crippen molar-refractivity contribution in [2.45, 2.75) is 0 Å². The van der Waals surface area contributed by atoms with Crippen molar-refractivity contribution in [1.82, 2.24) is 0 Å². The van der Waals surface area contributed by atoms with Crippen LogP contribution in [-0.2, 0) is 60.9 Å². The smallest absolute Gasteiger partial charge is 0.780 e. The van der Waals surface area contributed by atoms with Crippen molar-refractivity contribution < 1.29 is 155 Å². The van der Waals surface area contributed by atoms with E-state index < -0.39 is 18.1 Å². The van der Waals surface area contributed by atoms with Crippen LogP contribution in [0.1, 0.15) is 0 Å². The molecule has 0 bridgehead atoms. The molecule has 0 rings (SSSR count). The van der Waals surface area contributed by atoms with Crippen molar-refractivity contribution in [2.75, 3.05) is 0 Å². The molecule has 0 atom stereocenters.